The first-order valence-electron chi connectivity index (χ1n) is 3.34. The number of halogens is 1. The summed E-state index contributed by atoms with van der Waals surface area (Å²) < 4.78 is 0. The van der Waals surface area contributed by atoms with Crippen LogP contribution in [0.3, 0.4) is 0 Å². The van der Waals surface area contributed by atoms with Gasteiger partial charge in [0, 0.05) is 5.88 Å². The normalized spacial score (nSPS) is 16.3. The highest BCUT2D eigenvalue weighted by molar-refractivity contribution is 6.17. The van der Waals surface area contributed by atoms with E-state index in [0.29, 0.717) is 0 Å². The van der Waals surface area contributed by atoms with Gasteiger partial charge in [0.25, 0.3) is 0 Å². The van der Waals surface area contributed by atoms with Gasteiger partial charge in [-0.2, -0.15) is 0 Å². The van der Waals surface area contributed by atoms with Gasteiger partial charge in [0.2, 0.25) is 0 Å². The first kappa shape index (κ1) is 6.88. The summed E-state index contributed by atoms with van der Waals surface area (Å²) in [6.07, 6.45) is 9.93. The van der Waals surface area contributed by atoms with Gasteiger partial charge in [-0.25, -0.2) is 0 Å². The smallest absolute Gasteiger partial charge is 0.0226 e. The molecule has 0 amide bonds. The number of hydrogen-bond donors (Lipinski definition) is 0. The van der Waals surface area contributed by atoms with E-state index in [1.807, 2.05) is 0 Å². The molecular weight excluding hydrogens is 132 g/mol. The number of alkyl halides is 1. The molecule has 0 fully saturated rings. The Morgan fingerprint density at radius 1 is 1.56 bits per heavy atom. The van der Waals surface area contributed by atoms with E-state index in [9.17, 15) is 0 Å². The Morgan fingerprint density at radius 3 is 3.00 bits per heavy atom. The minimum absolute atomic E-state index is 0.789. The van der Waals surface area contributed by atoms with Gasteiger partial charge in [0.15, 0.2) is 0 Å². The molecule has 1 aliphatic carbocycles. The molecule has 0 saturated carbocycles. The van der Waals surface area contributed by atoms with Gasteiger partial charge in [0.05, 0.1) is 0 Å². The maximum atomic E-state index is 5.53. The van der Waals surface area contributed by atoms with Crippen LogP contribution in [0.15, 0.2) is 23.8 Å². The third-order valence-corrected chi connectivity index (χ3v) is 1.75. The van der Waals surface area contributed by atoms with Crippen molar-refractivity contribution in [3.8, 4) is 0 Å². The molecule has 0 aromatic heterocycles. The summed E-state index contributed by atoms with van der Waals surface area (Å²) in [5.41, 5.74) is 1.52. The Kier molecular flexibility index (Phi) is 2.85. The standard InChI is InChI=1S/C8H11Cl/c9-7-3-6-8-4-1-2-5-8/h1-2,4H,3,5-7H2. The average molecular weight is 143 g/mol. The molecule has 1 rings (SSSR count). The lowest BCUT2D eigenvalue weighted by atomic mass is 10.1. The Bertz CT molecular complexity index is 134. The van der Waals surface area contributed by atoms with Crippen molar-refractivity contribution in [1.29, 1.82) is 0 Å². The van der Waals surface area contributed by atoms with Gasteiger partial charge in [-0.15, -0.1) is 11.6 Å². The summed E-state index contributed by atoms with van der Waals surface area (Å²) in [6, 6.07) is 0. The van der Waals surface area contributed by atoms with Crippen molar-refractivity contribution in [2.75, 3.05) is 5.88 Å². The van der Waals surface area contributed by atoms with E-state index in [0.717, 1.165) is 18.7 Å². The zero-order valence-corrected chi connectivity index (χ0v) is 6.19. The fraction of sp³-hybridized carbons (Fsp3) is 0.500. The van der Waals surface area contributed by atoms with Crippen molar-refractivity contribution < 1.29 is 0 Å². The average Bonchev–Trinajstić information content (AvgIpc) is 2.34. The summed E-state index contributed by atoms with van der Waals surface area (Å²) in [5.74, 6) is 0.789. The van der Waals surface area contributed by atoms with Gasteiger partial charge >= 0.3 is 0 Å². The van der Waals surface area contributed by atoms with E-state index in [1.165, 1.54) is 12.0 Å². The van der Waals surface area contributed by atoms with E-state index in [4.69, 9.17) is 11.6 Å². The zero-order chi connectivity index (χ0) is 6.53. The van der Waals surface area contributed by atoms with E-state index in [1.54, 1.807) is 0 Å². The van der Waals surface area contributed by atoms with E-state index >= 15 is 0 Å². The van der Waals surface area contributed by atoms with Gasteiger partial charge < -0.3 is 0 Å². The molecule has 0 aliphatic heterocycles. The summed E-state index contributed by atoms with van der Waals surface area (Å²) in [5, 5.41) is 0. The van der Waals surface area contributed by atoms with Gasteiger partial charge in [-0.05, 0) is 19.3 Å². The second-order valence-corrected chi connectivity index (χ2v) is 2.63. The van der Waals surface area contributed by atoms with Crippen molar-refractivity contribution >= 4 is 11.6 Å². The van der Waals surface area contributed by atoms with Gasteiger partial charge in [-0.1, -0.05) is 23.8 Å². The van der Waals surface area contributed by atoms with E-state index in [2.05, 4.69) is 18.2 Å². The predicted molar refractivity (Wildman–Crippen MR) is 41.8 cm³/mol. The molecule has 1 heteroatoms. The van der Waals surface area contributed by atoms with Crippen LogP contribution in [0, 0.1) is 0 Å². The Morgan fingerprint density at radius 2 is 2.44 bits per heavy atom. The summed E-state index contributed by atoms with van der Waals surface area (Å²) in [7, 11) is 0. The van der Waals surface area contributed by atoms with Crippen LogP contribution >= 0.6 is 11.6 Å². The second kappa shape index (κ2) is 3.73. The lowest BCUT2D eigenvalue weighted by Crippen LogP contribution is -1.79. The molecule has 0 bridgehead atoms. The SMILES string of the molecule is ClCCCC1=CC=CC1. The van der Waals surface area contributed by atoms with E-state index < -0.39 is 0 Å². The number of hydrogen-bond acceptors (Lipinski definition) is 0. The Balaban J connectivity index is 2.14. The minimum atomic E-state index is 0.789. The molecule has 0 unspecified atom stereocenters. The van der Waals surface area contributed by atoms with Crippen LogP contribution < -0.4 is 0 Å². The van der Waals surface area contributed by atoms with Crippen molar-refractivity contribution in [3.05, 3.63) is 23.8 Å². The molecule has 9 heavy (non-hydrogen) atoms. The molecule has 1 aliphatic rings. The van der Waals surface area contributed by atoms with Crippen molar-refractivity contribution in [3.63, 3.8) is 0 Å². The molecule has 0 N–H and O–H groups in total. The van der Waals surface area contributed by atoms with Gasteiger partial charge in [-0.3, -0.25) is 0 Å². The summed E-state index contributed by atoms with van der Waals surface area (Å²) in [6.45, 7) is 0. The van der Waals surface area contributed by atoms with Crippen molar-refractivity contribution in [1.82, 2.24) is 0 Å². The van der Waals surface area contributed by atoms with Gasteiger partial charge in [0.1, 0.15) is 0 Å². The lowest BCUT2D eigenvalue weighted by molar-refractivity contribution is 0.893. The molecule has 0 saturated heterocycles. The highest BCUT2D eigenvalue weighted by atomic mass is 35.5. The molecule has 0 aromatic rings. The van der Waals surface area contributed by atoms with Crippen LogP contribution in [0.1, 0.15) is 19.3 Å². The Hall–Kier alpha value is -0.230. The quantitative estimate of drug-likeness (QED) is 0.532. The fourth-order valence-electron chi connectivity index (χ4n) is 0.971. The molecule has 0 heterocycles. The fourth-order valence-corrected chi connectivity index (χ4v) is 1.10. The van der Waals surface area contributed by atoms with Crippen LogP contribution in [0.25, 0.3) is 0 Å². The Labute approximate surface area is 61.2 Å². The van der Waals surface area contributed by atoms with Crippen LogP contribution in [-0.2, 0) is 0 Å². The maximum Gasteiger partial charge on any atom is 0.0226 e. The molecule has 0 aromatic carbocycles. The molecule has 0 atom stereocenters. The monoisotopic (exact) mass is 142 g/mol. The van der Waals surface area contributed by atoms with Crippen LogP contribution in [0.2, 0.25) is 0 Å². The third kappa shape index (κ3) is 2.23. The molecule has 0 radical (unpaired) electrons. The zero-order valence-electron chi connectivity index (χ0n) is 5.44. The lowest BCUT2D eigenvalue weighted by Gasteiger charge is -1.95. The third-order valence-electron chi connectivity index (χ3n) is 1.48. The predicted octanol–water partition coefficient (Wildman–Crippen LogP) is 2.89. The summed E-state index contributed by atoms with van der Waals surface area (Å²) in [4.78, 5) is 0. The van der Waals surface area contributed by atoms with E-state index in [-0.39, 0.29) is 0 Å². The molecule has 0 nitrogen and oxygen atoms in total. The summed E-state index contributed by atoms with van der Waals surface area (Å²) >= 11 is 5.53. The number of allylic oxidation sites excluding steroid dienone is 4. The van der Waals surface area contributed by atoms with Crippen molar-refractivity contribution in [2.45, 2.75) is 19.3 Å². The molecule has 0 spiro atoms. The first-order valence-corrected chi connectivity index (χ1v) is 3.87. The van der Waals surface area contributed by atoms with Crippen LogP contribution in [0.5, 0.6) is 0 Å². The number of rotatable bonds is 3. The minimum Gasteiger partial charge on any atom is -0.127 e. The largest absolute Gasteiger partial charge is 0.127 e. The maximum absolute atomic E-state index is 5.53. The topological polar surface area (TPSA) is 0 Å². The van der Waals surface area contributed by atoms with Crippen molar-refractivity contribution in [2.24, 2.45) is 0 Å². The highest BCUT2D eigenvalue weighted by Crippen LogP contribution is 2.15. The van der Waals surface area contributed by atoms with Crippen LogP contribution in [-0.4, -0.2) is 5.88 Å². The molecular formula is C8H11Cl. The highest BCUT2D eigenvalue weighted by Gasteiger charge is 1.96. The molecule has 50 valence electrons. The first-order chi connectivity index (χ1) is 4.43. The van der Waals surface area contributed by atoms with Crippen LogP contribution in [0.4, 0.5) is 0 Å². The second-order valence-electron chi connectivity index (χ2n) is 2.25.